The first kappa shape index (κ1) is 8.12. The van der Waals surface area contributed by atoms with Crippen molar-refractivity contribution in [3.05, 3.63) is 10.3 Å². The van der Waals surface area contributed by atoms with Crippen LogP contribution >= 0.6 is 23.2 Å². The summed E-state index contributed by atoms with van der Waals surface area (Å²) < 4.78 is 0. The average Bonchev–Trinajstić information content (AvgIpc) is 1.67. The van der Waals surface area contributed by atoms with Gasteiger partial charge in [0.2, 0.25) is 0 Å². The van der Waals surface area contributed by atoms with E-state index in [1.54, 1.807) is 0 Å². The molecular weight excluding hydrogens is 147 g/mol. The Hall–Kier alpha value is 0.120. The zero-order valence-corrected chi connectivity index (χ0v) is 6.13. The topological polar surface area (TPSA) is 20.2 Å². The van der Waals surface area contributed by atoms with E-state index < -0.39 is 0 Å². The number of aliphatic hydroxyl groups is 1. The van der Waals surface area contributed by atoms with Crippen molar-refractivity contribution in [3.63, 3.8) is 0 Å². The van der Waals surface area contributed by atoms with Gasteiger partial charge in [0.15, 0.2) is 5.22 Å². The molecule has 0 unspecified atom stereocenters. The third-order valence-corrected chi connectivity index (χ3v) is 1.39. The van der Waals surface area contributed by atoms with Crippen molar-refractivity contribution in [2.45, 2.75) is 19.8 Å². The van der Waals surface area contributed by atoms with Crippen LogP contribution in [0.5, 0.6) is 0 Å². The Morgan fingerprint density at radius 1 is 1.50 bits per heavy atom. The number of hydrogen-bond donors (Lipinski definition) is 1. The van der Waals surface area contributed by atoms with Gasteiger partial charge in [-0.05, 0) is 18.0 Å². The lowest BCUT2D eigenvalue weighted by molar-refractivity contribution is 0.447. The molecule has 0 saturated heterocycles. The fourth-order valence-electron chi connectivity index (χ4n) is 0.323. The molecule has 0 atom stereocenters. The zero-order valence-electron chi connectivity index (χ0n) is 4.62. The maximum Gasteiger partial charge on any atom is 0.199 e. The first-order chi connectivity index (χ1) is 3.68. The third-order valence-electron chi connectivity index (χ3n) is 0.693. The fraction of sp³-hybridized carbons (Fsp3) is 0.600. The number of hydrogen-bond acceptors (Lipinski definition) is 1. The number of rotatable bonds is 2. The standard InChI is InChI=1S/C5H8Cl2O/c1-2-3-4(6)5(7)8/h8H,2-3H2,1H3/b5-4-. The molecule has 0 aromatic rings. The van der Waals surface area contributed by atoms with E-state index in [1.165, 1.54) is 0 Å². The fourth-order valence-corrected chi connectivity index (χ4v) is 0.606. The minimum Gasteiger partial charge on any atom is -0.498 e. The molecule has 0 fully saturated rings. The summed E-state index contributed by atoms with van der Waals surface area (Å²) in [6.07, 6.45) is 1.55. The molecule has 0 aliphatic carbocycles. The molecule has 0 aliphatic rings. The lowest BCUT2D eigenvalue weighted by Gasteiger charge is -1.91. The second-order valence-corrected chi connectivity index (χ2v) is 2.26. The van der Waals surface area contributed by atoms with Gasteiger partial charge in [-0.15, -0.1) is 0 Å². The van der Waals surface area contributed by atoms with E-state index in [4.69, 9.17) is 28.3 Å². The zero-order chi connectivity index (χ0) is 6.57. The van der Waals surface area contributed by atoms with E-state index >= 15 is 0 Å². The number of halogens is 2. The summed E-state index contributed by atoms with van der Waals surface area (Å²) >= 11 is 10.5. The maximum atomic E-state index is 8.47. The first-order valence-electron chi connectivity index (χ1n) is 2.41. The summed E-state index contributed by atoms with van der Waals surface area (Å²) in [5.74, 6) is 0. The van der Waals surface area contributed by atoms with Crippen LogP contribution in [0.4, 0.5) is 0 Å². The van der Waals surface area contributed by atoms with Gasteiger partial charge >= 0.3 is 0 Å². The van der Waals surface area contributed by atoms with Crippen molar-refractivity contribution in [1.29, 1.82) is 0 Å². The average molecular weight is 155 g/mol. The van der Waals surface area contributed by atoms with Crippen LogP contribution in [0, 0.1) is 0 Å². The van der Waals surface area contributed by atoms with Crippen LogP contribution in [0.15, 0.2) is 10.3 Å². The lowest BCUT2D eigenvalue weighted by atomic mass is 10.3. The molecule has 0 heterocycles. The van der Waals surface area contributed by atoms with Crippen LogP contribution in [0.3, 0.4) is 0 Å². The highest BCUT2D eigenvalue weighted by Crippen LogP contribution is 2.15. The SMILES string of the molecule is CCC/C(Cl)=C(/O)Cl. The molecule has 0 radical (unpaired) electrons. The van der Waals surface area contributed by atoms with Gasteiger partial charge in [0.05, 0.1) is 5.03 Å². The van der Waals surface area contributed by atoms with E-state index in [1.807, 2.05) is 6.92 Å². The van der Waals surface area contributed by atoms with E-state index in [0.29, 0.717) is 11.5 Å². The van der Waals surface area contributed by atoms with Crippen LogP contribution in [0.1, 0.15) is 19.8 Å². The van der Waals surface area contributed by atoms with Gasteiger partial charge in [0.25, 0.3) is 0 Å². The van der Waals surface area contributed by atoms with E-state index in [2.05, 4.69) is 0 Å². The molecule has 48 valence electrons. The largest absolute Gasteiger partial charge is 0.498 e. The minimum absolute atomic E-state index is 0.284. The molecule has 0 aliphatic heterocycles. The summed E-state index contributed by atoms with van der Waals surface area (Å²) in [7, 11) is 0. The van der Waals surface area contributed by atoms with E-state index in [-0.39, 0.29) is 5.22 Å². The predicted molar refractivity (Wildman–Crippen MR) is 36.3 cm³/mol. The maximum absolute atomic E-state index is 8.47. The number of aliphatic hydroxyl groups excluding tert-OH is 1. The van der Waals surface area contributed by atoms with Crippen molar-refractivity contribution in [1.82, 2.24) is 0 Å². The van der Waals surface area contributed by atoms with Crippen LogP contribution in [0.2, 0.25) is 0 Å². The summed E-state index contributed by atoms with van der Waals surface area (Å²) in [5.41, 5.74) is 0. The Bertz CT molecular complexity index is 94.6. The van der Waals surface area contributed by atoms with E-state index in [9.17, 15) is 0 Å². The second kappa shape index (κ2) is 4.04. The summed E-state index contributed by atoms with van der Waals surface area (Å²) in [5, 5.41) is 8.52. The van der Waals surface area contributed by atoms with Gasteiger partial charge in [0.1, 0.15) is 0 Å². The smallest absolute Gasteiger partial charge is 0.199 e. The first-order valence-corrected chi connectivity index (χ1v) is 3.17. The Morgan fingerprint density at radius 2 is 2.00 bits per heavy atom. The molecule has 0 bridgehead atoms. The molecule has 3 heteroatoms. The van der Waals surface area contributed by atoms with Crippen LogP contribution in [-0.2, 0) is 0 Å². The second-order valence-electron chi connectivity index (χ2n) is 1.45. The van der Waals surface area contributed by atoms with Crippen molar-refractivity contribution >= 4 is 23.2 Å². The van der Waals surface area contributed by atoms with Crippen LogP contribution in [-0.4, -0.2) is 5.11 Å². The Morgan fingerprint density at radius 3 is 2.12 bits per heavy atom. The quantitative estimate of drug-likeness (QED) is 0.607. The highest BCUT2D eigenvalue weighted by atomic mass is 35.5. The molecule has 0 rings (SSSR count). The third kappa shape index (κ3) is 3.16. The van der Waals surface area contributed by atoms with Gasteiger partial charge in [-0.2, -0.15) is 0 Å². The summed E-state index contributed by atoms with van der Waals surface area (Å²) in [6.45, 7) is 1.96. The molecule has 0 spiro atoms. The van der Waals surface area contributed by atoms with Crippen molar-refractivity contribution in [2.75, 3.05) is 0 Å². The molecule has 0 saturated carbocycles. The summed E-state index contributed by atoms with van der Waals surface area (Å²) in [4.78, 5) is 0. The van der Waals surface area contributed by atoms with Gasteiger partial charge in [-0.25, -0.2) is 0 Å². The minimum atomic E-state index is -0.284. The van der Waals surface area contributed by atoms with Crippen molar-refractivity contribution < 1.29 is 5.11 Å². The molecule has 0 amide bonds. The van der Waals surface area contributed by atoms with Crippen LogP contribution in [0.25, 0.3) is 0 Å². The normalized spacial score (nSPS) is 13.4. The molecule has 1 N–H and O–H groups in total. The molecular formula is C5H8Cl2O. The Labute approximate surface area is 58.9 Å². The van der Waals surface area contributed by atoms with Crippen molar-refractivity contribution in [3.8, 4) is 0 Å². The molecule has 1 nitrogen and oxygen atoms in total. The van der Waals surface area contributed by atoms with Gasteiger partial charge < -0.3 is 5.11 Å². The van der Waals surface area contributed by atoms with E-state index in [0.717, 1.165) is 6.42 Å². The highest BCUT2D eigenvalue weighted by Gasteiger charge is 1.95. The molecule has 8 heavy (non-hydrogen) atoms. The molecule has 0 aromatic heterocycles. The highest BCUT2D eigenvalue weighted by molar-refractivity contribution is 6.38. The lowest BCUT2D eigenvalue weighted by Crippen LogP contribution is -1.74. The molecule has 0 aromatic carbocycles. The summed E-state index contributed by atoms with van der Waals surface area (Å²) in [6, 6.07) is 0. The Balaban J connectivity index is 3.62. The van der Waals surface area contributed by atoms with Crippen molar-refractivity contribution in [2.24, 2.45) is 0 Å². The van der Waals surface area contributed by atoms with Gasteiger partial charge in [0, 0.05) is 0 Å². The van der Waals surface area contributed by atoms with Crippen LogP contribution < -0.4 is 0 Å². The van der Waals surface area contributed by atoms with Gasteiger partial charge in [-0.3, -0.25) is 0 Å². The monoisotopic (exact) mass is 154 g/mol. The Kier molecular flexibility index (Phi) is 4.11. The number of allylic oxidation sites excluding steroid dienone is 1. The van der Waals surface area contributed by atoms with Gasteiger partial charge in [-0.1, -0.05) is 24.9 Å². The predicted octanol–water partition coefficient (Wildman–Crippen LogP) is 2.99.